The molecular formula is C12H13N3O2S. The van der Waals surface area contributed by atoms with Crippen molar-refractivity contribution in [1.82, 2.24) is 4.98 Å². The maximum atomic E-state index is 8.67. The predicted octanol–water partition coefficient (Wildman–Crippen LogP) is 1.86. The zero-order valence-electron chi connectivity index (χ0n) is 9.61. The molecule has 0 aliphatic carbocycles. The molecule has 2 heterocycles. The Morgan fingerprint density at radius 2 is 2.33 bits per heavy atom. The van der Waals surface area contributed by atoms with Gasteiger partial charge >= 0.3 is 0 Å². The molecule has 2 rings (SSSR count). The topological polar surface area (TPSA) is 80.7 Å². The molecule has 0 saturated heterocycles. The van der Waals surface area contributed by atoms with E-state index in [4.69, 9.17) is 15.7 Å². The summed E-state index contributed by atoms with van der Waals surface area (Å²) in [7, 11) is 0. The molecule has 0 radical (unpaired) electrons. The van der Waals surface area contributed by atoms with E-state index in [1.165, 1.54) is 4.88 Å². The van der Waals surface area contributed by atoms with Gasteiger partial charge in [-0.2, -0.15) is 0 Å². The van der Waals surface area contributed by atoms with E-state index in [0.29, 0.717) is 18.1 Å². The monoisotopic (exact) mass is 263 g/mol. The molecule has 0 amide bonds. The second kappa shape index (κ2) is 6.02. The van der Waals surface area contributed by atoms with Crippen molar-refractivity contribution in [2.75, 3.05) is 6.61 Å². The average Bonchev–Trinajstić information content (AvgIpc) is 2.92. The third-order valence-electron chi connectivity index (χ3n) is 2.32. The van der Waals surface area contributed by atoms with Crippen LogP contribution in [0.15, 0.2) is 41.0 Å². The van der Waals surface area contributed by atoms with E-state index in [0.717, 1.165) is 6.42 Å². The lowest BCUT2D eigenvalue weighted by Gasteiger charge is -2.08. The Kier molecular flexibility index (Phi) is 4.14. The lowest BCUT2D eigenvalue weighted by Crippen LogP contribution is -2.16. The van der Waals surface area contributed by atoms with Crippen molar-refractivity contribution in [2.24, 2.45) is 10.9 Å². The van der Waals surface area contributed by atoms with Gasteiger partial charge in [-0.1, -0.05) is 11.2 Å². The fourth-order valence-corrected chi connectivity index (χ4v) is 2.15. The largest absolute Gasteiger partial charge is 0.477 e. The summed E-state index contributed by atoms with van der Waals surface area (Å²) >= 11 is 1.68. The molecule has 3 N–H and O–H groups in total. The summed E-state index contributed by atoms with van der Waals surface area (Å²) in [6.07, 6.45) is 2.42. The Bertz CT molecular complexity index is 526. The van der Waals surface area contributed by atoms with Gasteiger partial charge in [0.2, 0.25) is 5.88 Å². The van der Waals surface area contributed by atoms with E-state index in [9.17, 15) is 0 Å². The number of aromatic nitrogens is 1. The van der Waals surface area contributed by atoms with Gasteiger partial charge in [0.05, 0.1) is 12.2 Å². The van der Waals surface area contributed by atoms with Crippen LogP contribution in [0.2, 0.25) is 0 Å². The summed E-state index contributed by atoms with van der Waals surface area (Å²) in [5, 5.41) is 13.6. The van der Waals surface area contributed by atoms with Gasteiger partial charge in [0.1, 0.15) is 0 Å². The summed E-state index contributed by atoms with van der Waals surface area (Å²) in [6.45, 7) is 0.503. The number of oxime groups is 1. The van der Waals surface area contributed by atoms with E-state index in [-0.39, 0.29) is 5.84 Å². The molecule has 0 aromatic carbocycles. The maximum absolute atomic E-state index is 8.67. The zero-order chi connectivity index (χ0) is 12.8. The van der Waals surface area contributed by atoms with Gasteiger partial charge in [0, 0.05) is 17.5 Å². The minimum atomic E-state index is -0.00535. The number of nitrogens with two attached hydrogens (primary N) is 1. The lowest BCUT2D eigenvalue weighted by molar-refractivity contribution is 0.306. The highest BCUT2D eigenvalue weighted by atomic mass is 32.1. The second-order valence-corrected chi connectivity index (χ2v) is 4.55. The molecule has 2 aromatic heterocycles. The number of hydrogen-bond donors (Lipinski definition) is 2. The lowest BCUT2D eigenvalue weighted by atomic mass is 10.2. The van der Waals surface area contributed by atoms with Crippen molar-refractivity contribution in [3.05, 3.63) is 46.3 Å². The van der Waals surface area contributed by atoms with Gasteiger partial charge in [0.15, 0.2) is 5.84 Å². The van der Waals surface area contributed by atoms with Crippen molar-refractivity contribution in [3.63, 3.8) is 0 Å². The average molecular weight is 263 g/mol. The molecule has 18 heavy (non-hydrogen) atoms. The zero-order valence-corrected chi connectivity index (χ0v) is 10.4. The number of pyridine rings is 1. The van der Waals surface area contributed by atoms with E-state index in [2.05, 4.69) is 16.2 Å². The Hall–Kier alpha value is -2.08. The van der Waals surface area contributed by atoms with Gasteiger partial charge < -0.3 is 15.7 Å². The van der Waals surface area contributed by atoms with E-state index in [1.54, 1.807) is 29.7 Å². The van der Waals surface area contributed by atoms with Crippen LogP contribution in [0.4, 0.5) is 0 Å². The summed E-state index contributed by atoms with van der Waals surface area (Å²) in [4.78, 5) is 5.32. The molecule has 0 aliphatic heterocycles. The molecule has 5 nitrogen and oxygen atoms in total. The fourth-order valence-electron chi connectivity index (χ4n) is 1.46. The molecule has 6 heteroatoms. The first-order valence-electron chi connectivity index (χ1n) is 5.39. The first-order chi connectivity index (χ1) is 8.81. The first-order valence-corrected chi connectivity index (χ1v) is 6.27. The smallest absolute Gasteiger partial charge is 0.224 e. The Balaban J connectivity index is 2.01. The summed E-state index contributed by atoms with van der Waals surface area (Å²) < 4.78 is 5.56. The van der Waals surface area contributed by atoms with Crippen molar-refractivity contribution in [1.29, 1.82) is 0 Å². The highest BCUT2D eigenvalue weighted by molar-refractivity contribution is 7.09. The Labute approximate surface area is 109 Å². The van der Waals surface area contributed by atoms with Gasteiger partial charge in [-0.3, -0.25) is 0 Å². The summed E-state index contributed by atoms with van der Waals surface area (Å²) in [6, 6.07) is 7.46. The normalized spacial score (nSPS) is 11.4. The van der Waals surface area contributed by atoms with Crippen LogP contribution in [0.3, 0.4) is 0 Å². The van der Waals surface area contributed by atoms with Gasteiger partial charge in [-0.25, -0.2) is 4.98 Å². The van der Waals surface area contributed by atoms with E-state index >= 15 is 0 Å². The Morgan fingerprint density at radius 1 is 1.44 bits per heavy atom. The van der Waals surface area contributed by atoms with Crippen LogP contribution >= 0.6 is 11.3 Å². The second-order valence-electron chi connectivity index (χ2n) is 3.52. The molecule has 0 fully saturated rings. The minimum absolute atomic E-state index is 0.00535. The predicted molar refractivity (Wildman–Crippen MR) is 70.3 cm³/mol. The van der Waals surface area contributed by atoms with E-state index in [1.807, 2.05) is 11.4 Å². The molecule has 0 atom stereocenters. The van der Waals surface area contributed by atoms with Crippen molar-refractivity contribution < 1.29 is 9.94 Å². The summed E-state index contributed by atoms with van der Waals surface area (Å²) in [5.74, 6) is 0.374. The molecule has 0 spiro atoms. The van der Waals surface area contributed by atoms with Gasteiger partial charge in [0.25, 0.3) is 0 Å². The van der Waals surface area contributed by atoms with Crippen LogP contribution in [0.1, 0.15) is 10.4 Å². The third kappa shape index (κ3) is 2.98. The minimum Gasteiger partial charge on any atom is -0.477 e. The first kappa shape index (κ1) is 12.4. The van der Waals surface area contributed by atoms with Crippen LogP contribution in [-0.2, 0) is 6.42 Å². The SMILES string of the molecule is N/C(=N/O)c1cccnc1OCCc1cccs1. The quantitative estimate of drug-likeness (QED) is 0.373. The fraction of sp³-hybridized carbons (Fsp3) is 0.167. The molecule has 0 unspecified atom stereocenters. The number of ether oxygens (including phenoxy) is 1. The highest BCUT2D eigenvalue weighted by Crippen LogP contribution is 2.15. The molecule has 0 bridgehead atoms. The molecule has 2 aromatic rings. The van der Waals surface area contributed by atoms with Crippen LogP contribution in [0.5, 0.6) is 5.88 Å². The van der Waals surface area contributed by atoms with Crippen LogP contribution in [0, 0.1) is 0 Å². The number of rotatable bonds is 5. The van der Waals surface area contributed by atoms with Crippen molar-refractivity contribution in [2.45, 2.75) is 6.42 Å². The summed E-state index contributed by atoms with van der Waals surface area (Å²) in [5.41, 5.74) is 6.04. The van der Waals surface area contributed by atoms with Crippen LogP contribution in [-0.4, -0.2) is 22.6 Å². The van der Waals surface area contributed by atoms with E-state index < -0.39 is 0 Å². The molecule has 0 aliphatic rings. The van der Waals surface area contributed by atoms with Gasteiger partial charge in [-0.05, 0) is 23.6 Å². The number of thiophene rings is 1. The third-order valence-corrected chi connectivity index (χ3v) is 3.26. The highest BCUT2D eigenvalue weighted by Gasteiger charge is 2.09. The molecular weight excluding hydrogens is 250 g/mol. The van der Waals surface area contributed by atoms with Crippen molar-refractivity contribution >= 4 is 17.2 Å². The number of nitrogens with zero attached hydrogens (tertiary/aromatic N) is 2. The maximum Gasteiger partial charge on any atom is 0.224 e. The van der Waals surface area contributed by atoms with Crippen molar-refractivity contribution in [3.8, 4) is 5.88 Å². The van der Waals surface area contributed by atoms with Gasteiger partial charge in [-0.15, -0.1) is 11.3 Å². The number of hydrogen-bond acceptors (Lipinski definition) is 5. The number of amidine groups is 1. The van der Waals surface area contributed by atoms with Crippen LogP contribution in [0.25, 0.3) is 0 Å². The molecule has 0 saturated carbocycles. The standard InChI is InChI=1S/C12H13N3O2S/c13-11(15-16)10-4-1-6-14-12(10)17-7-5-9-3-2-8-18-9/h1-4,6,8,16H,5,7H2,(H2,13,15). The van der Waals surface area contributed by atoms with Crippen LogP contribution < -0.4 is 10.5 Å². The molecule has 94 valence electrons. The Morgan fingerprint density at radius 3 is 3.06 bits per heavy atom.